The fraction of sp³-hybridized carbons (Fsp3) is 0.0698. The van der Waals surface area contributed by atoms with Crippen molar-refractivity contribution in [2.45, 2.75) is 12.8 Å². The van der Waals surface area contributed by atoms with E-state index in [9.17, 15) is 15.8 Å². The maximum absolute atomic E-state index is 9.85. The Bertz CT molecular complexity index is 2300. The van der Waals surface area contributed by atoms with Crippen LogP contribution in [0.25, 0.3) is 50.3 Å². The molecule has 49 heavy (non-hydrogen) atoms. The molecule has 3 aromatic heterocycles. The molecule has 0 amide bonds. The van der Waals surface area contributed by atoms with Crippen molar-refractivity contribution in [2.75, 3.05) is 0 Å². The van der Waals surface area contributed by atoms with Crippen LogP contribution in [0.15, 0.2) is 140 Å². The third-order valence-corrected chi connectivity index (χ3v) is 8.84. The topological polar surface area (TPSA) is 110 Å². The minimum atomic E-state index is -0.0725. The predicted molar refractivity (Wildman–Crippen MR) is 191 cm³/mol. The third kappa shape index (κ3) is 6.13. The fourth-order valence-corrected chi connectivity index (χ4v) is 6.34. The number of hydrogen-bond donors (Lipinski definition) is 0. The Kier molecular flexibility index (Phi) is 8.41. The average molecular weight is 629 g/mol. The molecule has 0 fully saturated rings. The molecular formula is C43H28N6. The first-order chi connectivity index (χ1) is 24.1. The lowest BCUT2D eigenvalue weighted by Crippen LogP contribution is -2.12. The molecular weight excluding hydrogens is 601 g/mol. The van der Waals surface area contributed by atoms with Gasteiger partial charge in [-0.1, -0.05) is 61.5 Å². The summed E-state index contributed by atoms with van der Waals surface area (Å²) in [6, 6.07) is 40.2. The maximum Gasteiger partial charge on any atom is 0.101 e. The van der Waals surface area contributed by atoms with Crippen LogP contribution in [0.4, 0.5) is 0 Å². The summed E-state index contributed by atoms with van der Waals surface area (Å²) < 4.78 is 0. The van der Waals surface area contributed by atoms with Gasteiger partial charge in [-0.05, 0) is 106 Å². The number of nitrogens with zero attached hydrogens (tertiary/aromatic N) is 6. The first-order valence-corrected chi connectivity index (χ1v) is 15.9. The summed E-state index contributed by atoms with van der Waals surface area (Å²) >= 11 is 0. The van der Waals surface area contributed by atoms with Gasteiger partial charge in [-0.15, -0.1) is 0 Å². The molecule has 0 spiro atoms. The Labute approximate surface area is 285 Å². The summed E-state index contributed by atoms with van der Waals surface area (Å²) in [5, 5.41) is 29.4. The van der Waals surface area contributed by atoms with E-state index in [0.717, 1.165) is 50.2 Å². The number of benzene rings is 3. The molecule has 0 bridgehead atoms. The normalized spacial score (nSPS) is 15.0. The predicted octanol–water partition coefficient (Wildman–Crippen LogP) is 9.53. The van der Waals surface area contributed by atoms with E-state index in [-0.39, 0.29) is 11.8 Å². The second-order valence-corrected chi connectivity index (χ2v) is 11.9. The van der Waals surface area contributed by atoms with Crippen LogP contribution in [0.3, 0.4) is 0 Å². The SMILES string of the molecule is CC1C=CC(c2cc(-c3cccc(-c4ncccc4C#N)c3)cc(-c3cccc(-c4ncccc4C#N)c3)c2)=CC1c1ncccc1C#N. The van der Waals surface area contributed by atoms with Gasteiger partial charge in [0, 0.05) is 35.6 Å². The van der Waals surface area contributed by atoms with Gasteiger partial charge in [0.15, 0.2) is 0 Å². The molecule has 3 heterocycles. The van der Waals surface area contributed by atoms with Crippen LogP contribution in [0, 0.1) is 39.9 Å². The Hall–Kier alpha value is -6.94. The lowest BCUT2D eigenvalue weighted by atomic mass is 9.81. The van der Waals surface area contributed by atoms with Gasteiger partial charge in [0.1, 0.15) is 18.2 Å². The quantitative estimate of drug-likeness (QED) is 0.182. The molecule has 0 N–H and O–H groups in total. The highest BCUT2D eigenvalue weighted by molar-refractivity contribution is 5.86. The van der Waals surface area contributed by atoms with Crippen LogP contribution in [0.2, 0.25) is 0 Å². The average Bonchev–Trinajstić information content (AvgIpc) is 3.18. The van der Waals surface area contributed by atoms with Crippen molar-refractivity contribution in [3.05, 3.63) is 168 Å². The Morgan fingerprint density at radius 2 is 0.980 bits per heavy atom. The van der Waals surface area contributed by atoms with Gasteiger partial charge in [-0.3, -0.25) is 15.0 Å². The minimum Gasteiger partial charge on any atom is -0.259 e. The van der Waals surface area contributed by atoms with Crippen molar-refractivity contribution in [3.63, 3.8) is 0 Å². The lowest BCUT2D eigenvalue weighted by molar-refractivity contribution is 0.620. The van der Waals surface area contributed by atoms with Crippen molar-refractivity contribution in [2.24, 2.45) is 5.92 Å². The number of pyridine rings is 3. The van der Waals surface area contributed by atoms with Crippen LogP contribution in [-0.2, 0) is 0 Å². The zero-order chi connectivity index (χ0) is 33.7. The van der Waals surface area contributed by atoms with Crippen molar-refractivity contribution < 1.29 is 0 Å². The number of hydrogen-bond acceptors (Lipinski definition) is 6. The molecule has 7 rings (SSSR count). The van der Waals surface area contributed by atoms with Gasteiger partial charge in [-0.2, -0.15) is 15.8 Å². The molecule has 1 aliphatic carbocycles. The van der Waals surface area contributed by atoms with E-state index in [1.807, 2.05) is 30.3 Å². The standard InChI is InChI=1S/C43H28N6/c1-28-14-15-31(24-40(28)43-36(27-46)13-6-18-49-43)39-22-37(29-7-2-9-32(19-29)41-34(25-44)11-4-16-47-41)21-38(23-39)30-8-3-10-33(20-30)42-35(26-45)12-5-17-48-42/h2-24,28,40H,1H3. The smallest absolute Gasteiger partial charge is 0.101 e. The summed E-state index contributed by atoms with van der Waals surface area (Å²) in [6.45, 7) is 2.14. The van der Waals surface area contributed by atoms with Crippen molar-refractivity contribution in [3.8, 4) is 63.0 Å². The van der Waals surface area contributed by atoms with E-state index in [0.29, 0.717) is 28.1 Å². The number of nitriles is 3. The molecule has 0 saturated heterocycles. The van der Waals surface area contributed by atoms with E-state index >= 15 is 0 Å². The van der Waals surface area contributed by atoms with Crippen molar-refractivity contribution >= 4 is 5.57 Å². The first-order valence-electron chi connectivity index (χ1n) is 15.9. The molecule has 0 saturated carbocycles. The lowest BCUT2D eigenvalue weighted by Gasteiger charge is -2.24. The molecule has 0 radical (unpaired) electrons. The second-order valence-electron chi connectivity index (χ2n) is 11.9. The highest BCUT2D eigenvalue weighted by Crippen LogP contribution is 2.39. The third-order valence-electron chi connectivity index (χ3n) is 8.84. The van der Waals surface area contributed by atoms with Crippen LogP contribution in [-0.4, -0.2) is 15.0 Å². The summed E-state index contributed by atoms with van der Waals surface area (Å²) in [7, 11) is 0. The van der Waals surface area contributed by atoms with Crippen LogP contribution >= 0.6 is 0 Å². The highest BCUT2D eigenvalue weighted by atomic mass is 14.7. The van der Waals surface area contributed by atoms with Gasteiger partial charge in [0.25, 0.3) is 0 Å². The molecule has 230 valence electrons. The van der Waals surface area contributed by atoms with Crippen LogP contribution in [0.1, 0.15) is 40.8 Å². The van der Waals surface area contributed by atoms with E-state index in [1.165, 1.54) is 0 Å². The number of rotatable bonds is 6. The number of aromatic nitrogens is 3. The summed E-state index contributed by atoms with van der Waals surface area (Å²) in [5.74, 6) is 0.0823. The van der Waals surface area contributed by atoms with Gasteiger partial charge in [0.05, 0.1) is 33.8 Å². The second kappa shape index (κ2) is 13.4. The van der Waals surface area contributed by atoms with Crippen LogP contribution in [0.5, 0.6) is 0 Å². The Morgan fingerprint density at radius 1 is 0.510 bits per heavy atom. The van der Waals surface area contributed by atoms with Gasteiger partial charge in [0.2, 0.25) is 0 Å². The molecule has 6 heteroatoms. The zero-order valence-corrected chi connectivity index (χ0v) is 26.6. The highest BCUT2D eigenvalue weighted by Gasteiger charge is 2.24. The van der Waals surface area contributed by atoms with Gasteiger partial charge >= 0.3 is 0 Å². The van der Waals surface area contributed by atoms with Crippen molar-refractivity contribution in [1.82, 2.24) is 15.0 Å². The maximum atomic E-state index is 9.85. The Balaban J connectivity index is 1.40. The molecule has 1 aliphatic rings. The molecule has 6 nitrogen and oxygen atoms in total. The minimum absolute atomic E-state index is 0.0725. The summed E-state index contributed by atoms with van der Waals surface area (Å²) in [5.41, 5.74) is 11.3. The van der Waals surface area contributed by atoms with E-state index in [4.69, 9.17) is 0 Å². The number of allylic oxidation sites excluding steroid dienone is 4. The molecule has 3 aromatic carbocycles. The molecule has 6 aromatic rings. The van der Waals surface area contributed by atoms with Gasteiger partial charge in [-0.25, -0.2) is 0 Å². The van der Waals surface area contributed by atoms with Crippen LogP contribution < -0.4 is 0 Å². The molecule has 2 unspecified atom stereocenters. The van der Waals surface area contributed by atoms with Crippen molar-refractivity contribution in [1.29, 1.82) is 15.8 Å². The van der Waals surface area contributed by atoms with E-state index in [1.54, 1.807) is 48.9 Å². The zero-order valence-electron chi connectivity index (χ0n) is 26.6. The molecule has 0 aliphatic heterocycles. The Morgan fingerprint density at radius 3 is 1.53 bits per heavy atom. The summed E-state index contributed by atoms with van der Waals surface area (Å²) in [6.07, 6.45) is 11.7. The van der Waals surface area contributed by atoms with E-state index < -0.39 is 0 Å². The summed E-state index contributed by atoms with van der Waals surface area (Å²) in [4.78, 5) is 13.7. The molecule has 2 atom stereocenters. The van der Waals surface area contributed by atoms with Gasteiger partial charge < -0.3 is 0 Å². The van der Waals surface area contributed by atoms with E-state index in [2.05, 4.69) is 101 Å². The first kappa shape index (κ1) is 30.7. The fourth-order valence-electron chi connectivity index (χ4n) is 6.34. The monoisotopic (exact) mass is 628 g/mol. The largest absolute Gasteiger partial charge is 0.259 e.